The SMILES string of the molecule is CCc1nnc(Nc2cc(C3CCCN3C(=O)/C=C/c3ccccc3)nc(C)n2)s1. The molecule has 1 unspecified atom stereocenters. The lowest BCUT2D eigenvalue weighted by Gasteiger charge is -2.23. The van der Waals surface area contributed by atoms with E-state index in [0.29, 0.717) is 16.8 Å². The Balaban J connectivity index is 1.52. The lowest BCUT2D eigenvalue weighted by atomic mass is 10.1. The van der Waals surface area contributed by atoms with Gasteiger partial charge >= 0.3 is 0 Å². The van der Waals surface area contributed by atoms with E-state index in [1.807, 2.05) is 54.3 Å². The van der Waals surface area contributed by atoms with Crippen molar-refractivity contribution in [3.8, 4) is 0 Å². The van der Waals surface area contributed by atoms with Crippen molar-refractivity contribution in [3.05, 3.63) is 64.6 Å². The van der Waals surface area contributed by atoms with Gasteiger partial charge in [0.2, 0.25) is 11.0 Å². The summed E-state index contributed by atoms with van der Waals surface area (Å²) in [6.45, 7) is 4.64. The van der Waals surface area contributed by atoms with Crippen LogP contribution >= 0.6 is 11.3 Å². The quantitative estimate of drug-likeness (QED) is 0.598. The molecule has 0 radical (unpaired) electrons. The first-order valence-electron chi connectivity index (χ1n) is 10.1. The Morgan fingerprint density at radius 1 is 1.27 bits per heavy atom. The van der Waals surface area contributed by atoms with Crippen molar-refractivity contribution in [1.82, 2.24) is 25.1 Å². The number of nitrogens with zero attached hydrogens (tertiary/aromatic N) is 5. The van der Waals surface area contributed by atoms with Gasteiger partial charge in [0.15, 0.2) is 0 Å². The first kappa shape index (κ1) is 20.2. The molecule has 1 saturated heterocycles. The number of benzene rings is 1. The van der Waals surface area contributed by atoms with Crippen LogP contribution in [0, 0.1) is 6.92 Å². The molecule has 1 atom stereocenters. The molecule has 0 saturated carbocycles. The summed E-state index contributed by atoms with van der Waals surface area (Å²) >= 11 is 1.51. The predicted octanol–water partition coefficient (Wildman–Crippen LogP) is 4.32. The molecule has 1 aliphatic rings. The Labute approximate surface area is 179 Å². The fourth-order valence-electron chi connectivity index (χ4n) is 3.55. The van der Waals surface area contributed by atoms with Crippen LogP contribution < -0.4 is 5.32 Å². The van der Waals surface area contributed by atoms with Gasteiger partial charge in [0.05, 0.1) is 11.7 Å². The van der Waals surface area contributed by atoms with Gasteiger partial charge in [0, 0.05) is 18.7 Å². The molecule has 1 aromatic carbocycles. The number of anilines is 2. The second-order valence-electron chi connectivity index (χ2n) is 7.14. The van der Waals surface area contributed by atoms with Crippen LogP contribution in [0.2, 0.25) is 0 Å². The highest BCUT2D eigenvalue weighted by atomic mass is 32.1. The molecule has 0 spiro atoms. The van der Waals surface area contributed by atoms with Gasteiger partial charge in [-0.2, -0.15) is 0 Å². The minimum atomic E-state index is -0.0548. The summed E-state index contributed by atoms with van der Waals surface area (Å²) in [4.78, 5) is 23.9. The molecule has 3 heterocycles. The van der Waals surface area contributed by atoms with Gasteiger partial charge in [0.25, 0.3) is 0 Å². The third-order valence-corrected chi connectivity index (χ3v) is 5.94. The Hall–Kier alpha value is -3.13. The Bertz CT molecular complexity index is 1050. The molecule has 1 aliphatic heterocycles. The number of likely N-dealkylation sites (tertiary alicyclic amines) is 1. The molecule has 8 heteroatoms. The van der Waals surface area contributed by atoms with Crippen molar-refractivity contribution in [2.75, 3.05) is 11.9 Å². The van der Waals surface area contributed by atoms with Gasteiger partial charge in [0.1, 0.15) is 16.6 Å². The van der Waals surface area contributed by atoms with Crippen molar-refractivity contribution in [2.24, 2.45) is 0 Å². The van der Waals surface area contributed by atoms with Crippen LogP contribution in [0.15, 0.2) is 42.5 Å². The van der Waals surface area contributed by atoms with E-state index in [2.05, 4.69) is 32.4 Å². The first-order valence-corrected chi connectivity index (χ1v) is 10.9. The molecular weight excluding hydrogens is 396 g/mol. The average molecular weight is 421 g/mol. The number of aryl methyl sites for hydroxylation is 2. The van der Waals surface area contributed by atoms with Crippen LogP contribution in [0.3, 0.4) is 0 Å². The standard InChI is InChI=1S/C22H24N6OS/c1-3-20-26-27-22(30-20)25-19-14-17(23-15(2)24-19)18-10-7-13-28(18)21(29)12-11-16-8-5-4-6-9-16/h4-6,8-9,11-12,14,18H,3,7,10,13H2,1-2H3,(H,23,24,25,27)/b12-11+. The van der Waals surface area contributed by atoms with E-state index < -0.39 is 0 Å². The molecule has 1 fully saturated rings. The number of carbonyl (C=O) groups excluding carboxylic acids is 1. The van der Waals surface area contributed by atoms with E-state index in [1.54, 1.807) is 6.08 Å². The Morgan fingerprint density at radius 3 is 2.87 bits per heavy atom. The number of hydrogen-bond acceptors (Lipinski definition) is 7. The van der Waals surface area contributed by atoms with E-state index in [4.69, 9.17) is 0 Å². The molecule has 7 nitrogen and oxygen atoms in total. The molecule has 1 N–H and O–H groups in total. The van der Waals surface area contributed by atoms with Gasteiger partial charge in [-0.1, -0.05) is 48.6 Å². The van der Waals surface area contributed by atoms with Crippen molar-refractivity contribution >= 4 is 34.3 Å². The van der Waals surface area contributed by atoms with Crippen molar-refractivity contribution in [1.29, 1.82) is 0 Å². The Kier molecular flexibility index (Phi) is 6.13. The van der Waals surface area contributed by atoms with E-state index in [9.17, 15) is 4.79 Å². The van der Waals surface area contributed by atoms with E-state index >= 15 is 0 Å². The van der Waals surface area contributed by atoms with Gasteiger partial charge in [-0.25, -0.2) is 9.97 Å². The lowest BCUT2D eigenvalue weighted by molar-refractivity contribution is -0.126. The summed E-state index contributed by atoms with van der Waals surface area (Å²) in [6, 6.07) is 11.7. The molecule has 3 aromatic rings. The van der Waals surface area contributed by atoms with Gasteiger partial charge in [-0.3, -0.25) is 4.79 Å². The average Bonchev–Trinajstić information content (AvgIpc) is 3.42. The summed E-state index contributed by atoms with van der Waals surface area (Å²) in [5, 5.41) is 13.2. The highest BCUT2D eigenvalue weighted by Gasteiger charge is 2.30. The number of rotatable bonds is 6. The van der Waals surface area contributed by atoms with Crippen molar-refractivity contribution in [3.63, 3.8) is 0 Å². The molecule has 2 aromatic heterocycles. The summed E-state index contributed by atoms with van der Waals surface area (Å²) in [6.07, 6.45) is 6.20. The molecule has 0 bridgehead atoms. The second-order valence-corrected chi connectivity index (χ2v) is 8.20. The molecular formula is C22H24N6OS. The van der Waals surface area contributed by atoms with Crippen LogP contribution in [-0.2, 0) is 11.2 Å². The predicted molar refractivity (Wildman–Crippen MR) is 119 cm³/mol. The molecule has 1 amide bonds. The largest absolute Gasteiger partial charge is 0.331 e. The normalized spacial score (nSPS) is 16.3. The number of amides is 1. The maximum atomic E-state index is 12.9. The van der Waals surface area contributed by atoms with Crippen LogP contribution in [0.1, 0.15) is 47.9 Å². The third kappa shape index (κ3) is 4.71. The van der Waals surface area contributed by atoms with E-state index in [1.165, 1.54) is 11.3 Å². The van der Waals surface area contributed by atoms with Crippen LogP contribution in [-0.4, -0.2) is 37.5 Å². The minimum Gasteiger partial charge on any atom is -0.331 e. The van der Waals surface area contributed by atoms with Crippen LogP contribution in [0.4, 0.5) is 10.9 Å². The van der Waals surface area contributed by atoms with Gasteiger partial charge < -0.3 is 10.2 Å². The Morgan fingerprint density at radius 2 is 2.10 bits per heavy atom. The fraction of sp³-hybridized carbons (Fsp3) is 0.318. The highest BCUT2D eigenvalue weighted by Crippen LogP contribution is 2.32. The second kappa shape index (κ2) is 9.13. The summed E-state index contributed by atoms with van der Waals surface area (Å²) < 4.78 is 0. The number of nitrogens with one attached hydrogen (secondary N) is 1. The topological polar surface area (TPSA) is 83.9 Å². The highest BCUT2D eigenvalue weighted by molar-refractivity contribution is 7.15. The lowest BCUT2D eigenvalue weighted by Crippen LogP contribution is -2.29. The molecule has 30 heavy (non-hydrogen) atoms. The monoisotopic (exact) mass is 420 g/mol. The van der Waals surface area contributed by atoms with E-state index in [0.717, 1.165) is 42.1 Å². The number of aromatic nitrogens is 4. The zero-order valence-electron chi connectivity index (χ0n) is 17.1. The minimum absolute atomic E-state index is 0.00355. The zero-order valence-corrected chi connectivity index (χ0v) is 17.9. The fourth-order valence-corrected chi connectivity index (χ4v) is 4.23. The number of hydrogen-bond donors (Lipinski definition) is 1. The van der Waals surface area contributed by atoms with Crippen LogP contribution in [0.25, 0.3) is 6.08 Å². The van der Waals surface area contributed by atoms with Gasteiger partial charge in [-0.05, 0) is 37.8 Å². The maximum absolute atomic E-state index is 12.9. The first-order chi connectivity index (χ1) is 14.6. The molecule has 154 valence electrons. The van der Waals surface area contributed by atoms with Crippen LogP contribution in [0.5, 0.6) is 0 Å². The van der Waals surface area contributed by atoms with Crippen molar-refractivity contribution in [2.45, 2.75) is 39.2 Å². The molecule has 4 rings (SSSR count). The maximum Gasteiger partial charge on any atom is 0.247 e. The molecule has 0 aliphatic carbocycles. The smallest absolute Gasteiger partial charge is 0.247 e. The number of carbonyl (C=O) groups is 1. The van der Waals surface area contributed by atoms with Crippen molar-refractivity contribution < 1.29 is 4.79 Å². The summed E-state index contributed by atoms with van der Waals surface area (Å²) in [5.41, 5.74) is 1.86. The third-order valence-electron chi connectivity index (χ3n) is 4.96. The zero-order chi connectivity index (χ0) is 20.9. The summed E-state index contributed by atoms with van der Waals surface area (Å²) in [7, 11) is 0. The van der Waals surface area contributed by atoms with Gasteiger partial charge in [-0.15, -0.1) is 10.2 Å². The van der Waals surface area contributed by atoms with E-state index in [-0.39, 0.29) is 11.9 Å². The summed E-state index contributed by atoms with van der Waals surface area (Å²) in [5.74, 6) is 1.34.